The number of nitrogens with two attached hydrogens (primary N) is 1. The second kappa shape index (κ2) is 2.76. The highest BCUT2D eigenvalue weighted by Gasteiger charge is 2.41. The number of hydrogen-bond acceptors (Lipinski definition) is 2. The van der Waals surface area contributed by atoms with E-state index in [2.05, 4.69) is 0 Å². The third-order valence-corrected chi connectivity index (χ3v) is 3.19. The minimum absolute atomic E-state index is 0.282. The fourth-order valence-corrected chi connectivity index (χ4v) is 2.51. The van der Waals surface area contributed by atoms with Crippen LogP contribution in [0.5, 0.6) is 0 Å². The molecule has 0 aromatic rings. The van der Waals surface area contributed by atoms with Gasteiger partial charge in [-0.05, 0) is 44.6 Å². The molecule has 2 aliphatic rings. The summed E-state index contributed by atoms with van der Waals surface area (Å²) in [6.07, 6.45) is 6.32. The molecular formula is C9H17NO. The minimum Gasteiger partial charge on any atom is -0.375 e. The molecule has 2 nitrogen and oxygen atoms in total. The molecule has 1 heterocycles. The highest BCUT2D eigenvalue weighted by molar-refractivity contribution is 4.93. The fraction of sp³-hybridized carbons (Fsp3) is 1.00. The molecule has 1 saturated carbocycles. The Hall–Kier alpha value is -0.0800. The smallest absolute Gasteiger partial charge is 0.0686 e. The highest BCUT2D eigenvalue weighted by atomic mass is 16.5. The van der Waals surface area contributed by atoms with Crippen LogP contribution in [0.4, 0.5) is 0 Å². The number of rotatable bonds is 1. The second-order valence-electron chi connectivity index (χ2n) is 3.98. The van der Waals surface area contributed by atoms with Crippen LogP contribution in [0.2, 0.25) is 0 Å². The Labute approximate surface area is 68.1 Å². The number of ether oxygens (including phenoxy) is 1. The topological polar surface area (TPSA) is 35.2 Å². The monoisotopic (exact) mass is 155 g/mol. The molecule has 2 fully saturated rings. The predicted molar refractivity (Wildman–Crippen MR) is 44.3 cm³/mol. The Kier molecular flexibility index (Phi) is 1.90. The van der Waals surface area contributed by atoms with Crippen LogP contribution in [0.1, 0.15) is 32.1 Å². The summed E-state index contributed by atoms with van der Waals surface area (Å²) in [5, 5.41) is 0. The first-order chi connectivity index (χ1) is 5.35. The molecule has 2 N–H and O–H groups in total. The van der Waals surface area contributed by atoms with E-state index in [-0.39, 0.29) is 5.60 Å². The fourth-order valence-electron chi connectivity index (χ4n) is 2.51. The lowest BCUT2D eigenvalue weighted by Gasteiger charge is -2.21. The molecule has 0 radical (unpaired) electrons. The molecule has 1 saturated heterocycles. The SMILES string of the molecule is NC[C@@H]1CC[C@]2(CCCO2)C1. The first-order valence-corrected chi connectivity index (χ1v) is 4.69. The van der Waals surface area contributed by atoms with E-state index in [9.17, 15) is 0 Å². The molecule has 11 heavy (non-hydrogen) atoms. The van der Waals surface area contributed by atoms with E-state index < -0.39 is 0 Å². The average Bonchev–Trinajstić information content (AvgIpc) is 2.62. The third kappa shape index (κ3) is 1.30. The lowest BCUT2D eigenvalue weighted by molar-refractivity contribution is 0.00745. The van der Waals surface area contributed by atoms with Crippen LogP contribution in [-0.4, -0.2) is 18.8 Å². The van der Waals surface area contributed by atoms with Crippen molar-refractivity contribution in [2.45, 2.75) is 37.7 Å². The zero-order valence-corrected chi connectivity index (χ0v) is 7.01. The van der Waals surface area contributed by atoms with Gasteiger partial charge in [0.15, 0.2) is 0 Å². The molecule has 0 aromatic heterocycles. The molecule has 2 heteroatoms. The van der Waals surface area contributed by atoms with E-state index in [1.54, 1.807) is 0 Å². The molecule has 1 spiro atoms. The van der Waals surface area contributed by atoms with Gasteiger partial charge in [0, 0.05) is 6.61 Å². The quantitative estimate of drug-likeness (QED) is 0.619. The Morgan fingerprint density at radius 1 is 1.45 bits per heavy atom. The van der Waals surface area contributed by atoms with Crippen molar-refractivity contribution < 1.29 is 4.74 Å². The molecule has 64 valence electrons. The van der Waals surface area contributed by atoms with Gasteiger partial charge in [-0.1, -0.05) is 0 Å². The molecule has 1 aliphatic carbocycles. The van der Waals surface area contributed by atoms with Gasteiger partial charge in [-0.25, -0.2) is 0 Å². The van der Waals surface area contributed by atoms with Crippen LogP contribution in [0.3, 0.4) is 0 Å². The molecule has 2 rings (SSSR count). The van der Waals surface area contributed by atoms with Gasteiger partial charge < -0.3 is 10.5 Å². The van der Waals surface area contributed by atoms with Crippen LogP contribution in [0.25, 0.3) is 0 Å². The molecule has 1 aliphatic heterocycles. The van der Waals surface area contributed by atoms with E-state index in [0.29, 0.717) is 0 Å². The summed E-state index contributed by atoms with van der Waals surface area (Å²) in [5.74, 6) is 0.744. The van der Waals surface area contributed by atoms with Crippen LogP contribution < -0.4 is 5.73 Å². The molecule has 0 unspecified atom stereocenters. The van der Waals surface area contributed by atoms with E-state index in [4.69, 9.17) is 10.5 Å². The molecule has 0 amide bonds. The zero-order chi connectivity index (χ0) is 7.73. The second-order valence-corrected chi connectivity index (χ2v) is 3.98. The number of hydrogen-bond donors (Lipinski definition) is 1. The predicted octanol–water partition coefficient (Wildman–Crippen LogP) is 1.29. The van der Waals surface area contributed by atoms with Gasteiger partial charge in [0.05, 0.1) is 5.60 Å². The lowest BCUT2D eigenvalue weighted by atomic mass is 9.97. The van der Waals surface area contributed by atoms with Gasteiger partial charge in [-0.3, -0.25) is 0 Å². The first kappa shape index (κ1) is 7.56. The van der Waals surface area contributed by atoms with Gasteiger partial charge >= 0.3 is 0 Å². The average molecular weight is 155 g/mol. The van der Waals surface area contributed by atoms with E-state index >= 15 is 0 Å². The highest BCUT2D eigenvalue weighted by Crippen LogP contribution is 2.43. The summed E-state index contributed by atoms with van der Waals surface area (Å²) in [4.78, 5) is 0. The van der Waals surface area contributed by atoms with Gasteiger partial charge in [0.2, 0.25) is 0 Å². The van der Waals surface area contributed by atoms with Crippen LogP contribution >= 0.6 is 0 Å². The summed E-state index contributed by atoms with van der Waals surface area (Å²) in [6.45, 7) is 1.84. The summed E-state index contributed by atoms with van der Waals surface area (Å²) < 4.78 is 5.78. The Morgan fingerprint density at radius 3 is 2.91 bits per heavy atom. The van der Waals surface area contributed by atoms with Crippen LogP contribution in [0, 0.1) is 5.92 Å². The van der Waals surface area contributed by atoms with Crippen molar-refractivity contribution in [1.82, 2.24) is 0 Å². The maximum atomic E-state index is 5.78. The van der Waals surface area contributed by atoms with Crippen molar-refractivity contribution in [2.24, 2.45) is 11.7 Å². The van der Waals surface area contributed by atoms with Crippen LogP contribution in [0.15, 0.2) is 0 Å². The van der Waals surface area contributed by atoms with E-state index in [1.807, 2.05) is 0 Å². The van der Waals surface area contributed by atoms with E-state index in [1.165, 1.54) is 32.1 Å². The molecule has 2 atom stereocenters. The Bertz CT molecular complexity index is 140. The van der Waals surface area contributed by atoms with Crippen molar-refractivity contribution in [2.75, 3.05) is 13.2 Å². The maximum absolute atomic E-state index is 5.78. The lowest BCUT2D eigenvalue weighted by Crippen LogP contribution is -2.24. The van der Waals surface area contributed by atoms with Crippen LogP contribution in [-0.2, 0) is 4.74 Å². The minimum atomic E-state index is 0.282. The normalized spacial score (nSPS) is 43.9. The van der Waals surface area contributed by atoms with Crippen molar-refractivity contribution in [1.29, 1.82) is 0 Å². The van der Waals surface area contributed by atoms with Crippen molar-refractivity contribution in [3.8, 4) is 0 Å². The summed E-state index contributed by atoms with van der Waals surface area (Å²) >= 11 is 0. The van der Waals surface area contributed by atoms with Crippen molar-refractivity contribution in [3.63, 3.8) is 0 Å². The van der Waals surface area contributed by atoms with Gasteiger partial charge in [-0.15, -0.1) is 0 Å². The standard InChI is InChI=1S/C9H17NO/c10-7-8-2-4-9(6-8)3-1-5-11-9/h8H,1-7,10H2/t8-,9-/m1/s1. The Balaban J connectivity index is 1.96. The largest absolute Gasteiger partial charge is 0.375 e. The first-order valence-electron chi connectivity index (χ1n) is 4.69. The van der Waals surface area contributed by atoms with Gasteiger partial charge in [-0.2, -0.15) is 0 Å². The molecular weight excluding hydrogens is 138 g/mol. The van der Waals surface area contributed by atoms with Crippen molar-refractivity contribution in [3.05, 3.63) is 0 Å². The molecule has 0 aromatic carbocycles. The third-order valence-electron chi connectivity index (χ3n) is 3.19. The Morgan fingerprint density at radius 2 is 2.36 bits per heavy atom. The van der Waals surface area contributed by atoms with Crippen molar-refractivity contribution >= 4 is 0 Å². The van der Waals surface area contributed by atoms with Gasteiger partial charge in [0.1, 0.15) is 0 Å². The maximum Gasteiger partial charge on any atom is 0.0686 e. The zero-order valence-electron chi connectivity index (χ0n) is 7.01. The van der Waals surface area contributed by atoms with E-state index in [0.717, 1.165) is 19.1 Å². The summed E-state index contributed by atoms with van der Waals surface area (Å²) in [5.41, 5.74) is 5.91. The summed E-state index contributed by atoms with van der Waals surface area (Å²) in [7, 11) is 0. The molecule has 0 bridgehead atoms. The van der Waals surface area contributed by atoms with Gasteiger partial charge in [0.25, 0.3) is 0 Å². The summed E-state index contributed by atoms with van der Waals surface area (Å²) in [6, 6.07) is 0.